The molecule has 2 aromatic rings. The van der Waals surface area contributed by atoms with E-state index in [0.29, 0.717) is 23.2 Å². The van der Waals surface area contributed by atoms with Crippen LogP contribution < -0.4 is 5.32 Å². The lowest BCUT2D eigenvalue weighted by Gasteiger charge is -2.15. The van der Waals surface area contributed by atoms with Crippen LogP contribution >= 0.6 is 12.2 Å². The van der Waals surface area contributed by atoms with Crippen LogP contribution in [0.3, 0.4) is 0 Å². The molecule has 1 N–H and O–H groups in total. The highest BCUT2D eigenvalue weighted by Crippen LogP contribution is 2.18. The fourth-order valence-electron chi connectivity index (χ4n) is 2.16. The van der Waals surface area contributed by atoms with E-state index in [0.717, 1.165) is 12.8 Å². The molecule has 1 aliphatic rings. The highest BCUT2D eigenvalue weighted by Gasteiger charge is 2.23. The van der Waals surface area contributed by atoms with Crippen LogP contribution in [0.4, 0.5) is 4.39 Å². The summed E-state index contributed by atoms with van der Waals surface area (Å²) in [5.41, 5.74) is 0.510. The molecule has 1 aliphatic carbocycles. The van der Waals surface area contributed by atoms with Crippen LogP contribution in [0.15, 0.2) is 24.3 Å². The zero-order valence-electron chi connectivity index (χ0n) is 12.6. The third-order valence-corrected chi connectivity index (χ3v) is 3.81. The monoisotopic (exact) mass is 336 g/mol. The lowest BCUT2D eigenvalue weighted by atomic mass is 10.3. The number of nitrogens with one attached hydrogen (secondary N) is 1. The molecule has 1 aromatic carbocycles. The molecular weight excluding hydrogens is 319 g/mol. The molecule has 0 aliphatic heterocycles. The van der Waals surface area contributed by atoms with Crippen molar-refractivity contribution < 1.29 is 9.18 Å². The van der Waals surface area contributed by atoms with E-state index in [1.54, 1.807) is 24.1 Å². The molecule has 0 atom stereocenters. The molecule has 0 saturated heterocycles. The molecule has 1 saturated carbocycles. The number of carbonyl (C=O) groups is 1. The van der Waals surface area contributed by atoms with Gasteiger partial charge >= 0.3 is 0 Å². The van der Waals surface area contributed by atoms with Gasteiger partial charge in [-0.15, -0.1) is 0 Å². The number of likely N-dealkylation sites (N-methyl/N-ethyl adjacent to an activating group) is 1. The number of tetrazole rings is 1. The second kappa shape index (κ2) is 6.55. The van der Waals surface area contributed by atoms with Crippen molar-refractivity contribution in [1.82, 2.24) is 30.0 Å². The number of amides is 1. The Hall–Kier alpha value is -2.13. The van der Waals surface area contributed by atoms with Gasteiger partial charge in [0, 0.05) is 6.04 Å². The first kappa shape index (κ1) is 15.8. The highest BCUT2D eigenvalue weighted by molar-refractivity contribution is 7.71. The number of hydrogen-bond acceptors (Lipinski definition) is 5. The van der Waals surface area contributed by atoms with Gasteiger partial charge in [0.1, 0.15) is 5.82 Å². The number of hydrogen-bond donors (Lipinski definition) is 1. The molecule has 3 rings (SSSR count). The summed E-state index contributed by atoms with van der Waals surface area (Å²) in [6.45, 7) is 0.581. The van der Waals surface area contributed by atoms with Crippen LogP contribution in [0.5, 0.6) is 0 Å². The number of carbonyl (C=O) groups excluding carboxylic acids is 1. The third-order valence-electron chi connectivity index (χ3n) is 3.42. The molecule has 0 bridgehead atoms. The number of aromatic nitrogens is 4. The van der Waals surface area contributed by atoms with Crippen molar-refractivity contribution in [2.45, 2.75) is 25.6 Å². The average molecular weight is 336 g/mol. The molecule has 1 amide bonds. The first-order valence-electron chi connectivity index (χ1n) is 7.29. The Labute approximate surface area is 137 Å². The number of benzene rings is 1. The maximum Gasteiger partial charge on any atom is 0.234 e. The maximum atomic E-state index is 13.3. The van der Waals surface area contributed by atoms with Crippen molar-refractivity contribution in [3.05, 3.63) is 34.9 Å². The summed E-state index contributed by atoms with van der Waals surface area (Å²) in [4.78, 5) is 13.6. The number of rotatable bonds is 6. The Morgan fingerprint density at radius 2 is 2.26 bits per heavy atom. The van der Waals surface area contributed by atoms with Crippen LogP contribution in [0.1, 0.15) is 12.8 Å². The molecule has 0 unspecified atom stereocenters. The molecule has 9 heteroatoms. The number of nitrogens with zero attached hydrogens (tertiary/aromatic N) is 5. The fourth-order valence-corrected chi connectivity index (χ4v) is 2.39. The van der Waals surface area contributed by atoms with Gasteiger partial charge in [-0.3, -0.25) is 9.69 Å². The van der Waals surface area contributed by atoms with Crippen molar-refractivity contribution in [2.24, 2.45) is 0 Å². The van der Waals surface area contributed by atoms with Crippen LogP contribution in [-0.2, 0) is 11.5 Å². The highest BCUT2D eigenvalue weighted by atomic mass is 32.1. The first-order chi connectivity index (χ1) is 11.0. The summed E-state index contributed by atoms with van der Waals surface area (Å²) < 4.78 is 16.5. The maximum absolute atomic E-state index is 13.3. The minimum atomic E-state index is -0.368. The molecule has 1 fully saturated rings. The molecule has 1 aromatic heterocycles. The first-order valence-corrected chi connectivity index (χ1v) is 7.70. The Bertz CT molecular complexity index is 769. The molecule has 1 heterocycles. The molecule has 7 nitrogen and oxygen atoms in total. The quantitative estimate of drug-likeness (QED) is 0.800. The summed E-state index contributed by atoms with van der Waals surface area (Å²) >= 11 is 5.31. The van der Waals surface area contributed by atoms with Crippen molar-refractivity contribution in [3.8, 4) is 5.69 Å². The average Bonchev–Trinajstić information content (AvgIpc) is 3.22. The zero-order chi connectivity index (χ0) is 16.4. The van der Waals surface area contributed by atoms with Crippen molar-refractivity contribution in [2.75, 3.05) is 13.6 Å². The second-order valence-electron chi connectivity index (χ2n) is 5.65. The van der Waals surface area contributed by atoms with Crippen molar-refractivity contribution in [1.29, 1.82) is 0 Å². The van der Waals surface area contributed by atoms with Gasteiger partial charge in [-0.1, -0.05) is 6.07 Å². The van der Waals surface area contributed by atoms with E-state index in [-0.39, 0.29) is 18.3 Å². The van der Waals surface area contributed by atoms with E-state index >= 15 is 0 Å². The van der Waals surface area contributed by atoms with Gasteiger partial charge in [0.05, 0.1) is 18.9 Å². The fraction of sp³-hybridized carbons (Fsp3) is 0.429. The van der Waals surface area contributed by atoms with Gasteiger partial charge in [-0.25, -0.2) is 9.07 Å². The van der Waals surface area contributed by atoms with Gasteiger partial charge in [0.2, 0.25) is 10.7 Å². The smallest absolute Gasteiger partial charge is 0.234 e. The summed E-state index contributed by atoms with van der Waals surface area (Å²) in [6, 6.07) is 6.31. The minimum Gasteiger partial charge on any atom is -0.352 e. The van der Waals surface area contributed by atoms with Gasteiger partial charge in [-0.2, -0.15) is 4.68 Å². The normalized spacial score (nSPS) is 14.2. The van der Waals surface area contributed by atoms with E-state index < -0.39 is 0 Å². The molecule has 0 radical (unpaired) electrons. The molecule has 23 heavy (non-hydrogen) atoms. The van der Waals surface area contributed by atoms with Crippen molar-refractivity contribution in [3.63, 3.8) is 0 Å². The summed E-state index contributed by atoms with van der Waals surface area (Å²) in [7, 11) is 1.80. The van der Waals surface area contributed by atoms with E-state index in [1.807, 2.05) is 0 Å². The Kier molecular flexibility index (Phi) is 4.49. The Balaban J connectivity index is 1.66. The number of halogens is 1. The van der Waals surface area contributed by atoms with Crippen molar-refractivity contribution >= 4 is 18.1 Å². The largest absolute Gasteiger partial charge is 0.352 e. The third kappa shape index (κ3) is 3.99. The zero-order valence-corrected chi connectivity index (χ0v) is 13.5. The van der Waals surface area contributed by atoms with Crippen LogP contribution in [0.25, 0.3) is 5.69 Å². The molecule has 0 spiro atoms. The van der Waals surface area contributed by atoms with Gasteiger partial charge in [0.15, 0.2) is 0 Å². The van der Waals surface area contributed by atoms with E-state index in [4.69, 9.17) is 12.2 Å². The summed E-state index contributed by atoms with van der Waals surface area (Å²) in [6.07, 6.45) is 2.12. The van der Waals surface area contributed by atoms with Crippen LogP contribution in [0.2, 0.25) is 0 Å². The van der Waals surface area contributed by atoms with Gasteiger partial charge < -0.3 is 5.32 Å². The second-order valence-corrected chi connectivity index (χ2v) is 6.02. The standard InChI is InChI=1S/C14H17FN6OS/c1-19(8-13(22)16-11-5-6-11)9-20-14(23)21(18-17-20)12-4-2-3-10(15)7-12/h2-4,7,11H,5-6,8-9H2,1H3,(H,16,22). The lowest BCUT2D eigenvalue weighted by Crippen LogP contribution is -2.37. The summed E-state index contributed by atoms with van der Waals surface area (Å²) in [5.74, 6) is -0.383. The predicted molar refractivity (Wildman–Crippen MR) is 83.9 cm³/mol. The Morgan fingerprint density at radius 3 is 2.96 bits per heavy atom. The van der Waals surface area contributed by atoms with E-state index in [2.05, 4.69) is 15.7 Å². The summed E-state index contributed by atoms with van der Waals surface area (Å²) in [5, 5.41) is 10.8. The minimum absolute atomic E-state index is 0.0148. The van der Waals surface area contributed by atoms with Crippen LogP contribution in [0, 0.1) is 10.6 Å². The van der Waals surface area contributed by atoms with E-state index in [9.17, 15) is 9.18 Å². The van der Waals surface area contributed by atoms with Crippen LogP contribution in [-0.4, -0.2) is 50.2 Å². The SMILES string of the molecule is CN(CC(=O)NC1CC1)Cn1nnn(-c2cccc(F)c2)c1=S. The predicted octanol–water partition coefficient (Wildman–Crippen LogP) is 1.11. The topological polar surface area (TPSA) is 68.0 Å². The van der Waals surface area contributed by atoms with Gasteiger partial charge in [-0.05, 0) is 60.7 Å². The molecule has 122 valence electrons. The van der Waals surface area contributed by atoms with E-state index in [1.165, 1.54) is 21.5 Å². The Morgan fingerprint density at radius 1 is 1.48 bits per heavy atom. The lowest BCUT2D eigenvalue weighted by molar-refractivity contribution is -0.122. The van der Waals surface area contributed by atoms with Gasteiger partial charge in [0.25, 0.3) is 0 Å². The molecular formula is C14H17FN6OS.